The molecule has 0 aliphatic carbocycles. The Kier molecular flexibility index (Phi) is 6.35. The number of hydrogen-bond acceptors (Lipinski definition) is 9. The van der Waals surface area contributed by atoms with Crippen LogP contribution in [0.5, 0.6) is 11.5 Å². The maximum Gasteiger partial charge on any atom is 0.251 e. The molecule has 6 rings (SSSR count). The molecule has 10 nitrogen and oxygen atoms in total. The van der Waals surface area contributed by atoms with Crippen LogP contribution in [0, 0.1) is 0 Å². The molecule has 2 aliphatic heterocycles. The second-order valence-corrected chi connectivity index (χ2v) is 9.10. The number of aromatic nitrogens is 4. The normalized spacial score (nSPS) is 16.4. The number of rotatable bonds is 7. The fourth-order valence-corrected chi connectivity index (χ4v) is 4.82. The van der Waals surface area contributed by atoms with Crippen LogP contribution in [-0.4, -0.2) is 63.3 Å². The fourth-order valence-electron chi connectivity index (χ4n) is 4.82. The number of hydrogen-bond donors (Lipinski definition) is 1. The van der Waals surface area contributed by atoms with E-state index in [1.165, 1.54) is 6.26 Å². The summed E-state index contributed by atoms with van der Waals surface area (Å²) in [6.07, 6.45) is 8.69. The van der Waals surface area contributed by atoms with Gasteiger partial charge in [0, 0.05) is 44.0 Å². The first-order valence-electron chi connectivity index (χ1n) is 12.3. The van der Waals surface area contributed by atoms with Crippen molar-refractivity contribution in [2.24, 2.45) is 0 Å². The number of pyridine rings is 3. The van der Waals surface area contributed by atoms with Gasteiger partial charge in [0.15, 0.2) is 11.5 Å². The number of oxazole rings is 1. The molecule has 0 aromatic carbocycles. The predicted octanol–water partition coefficient (Wildman–Crippen LogP) is 2.47. The lowest BCUT2D eigenvalue weighted by Gasteiger charge is -2.32. The first kappa shape index (κ1) is 22.7. The summed E-state index contributed by atoms with van der Waals surface area (Å²) in [5, 5.41) is 3.63. The standard InChI is InChI=1S/C26H28N6O4/c33-25-2-1-21-22(13-18(15-30-21)26-27-5-10-36-26)32(25)9-8-31-6-3-19(4-7-31)28-16-20-14-23-24(17-29-20)35-12-11-34-23/h1-2,5,10,13-15,17,19,28H,3-4,6-9,11-12,16H2. The van der Waals surface area contributed by atoms with Crippen LogP contribution in [0.1, 0.15) is 18.5 Å². The second kappa shape index (κ2) is 10.1. The summed E-state index contributed by atoms with van der Waals surface area (Å²) >= 11 is 0. The van der Waals surface area contributed by atoms with E-state index in [4.69, 9.17) is 13.9 Å². The summed E-state index contributed by atoms with van der Waals surface area (Å²) in [6, 6.07) is 7.67. The lowest BCUT2D eigenvalue weighted by molar-refractivity contribution is 0.170. The summed E-state index contributed by atoms with van der Waals surface area (Å²) in [5.41, 5.74) is 3.25. The molecule has 10 heteroatoms. The largest absolute Gasteiger partial charge is 0.486 e. The summed E-state index contributed by atoms with van der Waals surface area (Å²) < 4.78 is 18.4. The molecular formula is C26H28N6O4. The Morgan fingerprint density at radius 2 is 1.83 bits per heavy atom. The van der Waals surface area contributed by atoms with Gasteiger partial charge >= 0.3 is 0 Å². The maximum absolute atomic E-state index is 12.7. The molecule has 0 unspecified atom stereocenters. The number of piperidine rings is 1. The van der Waals surface area contributed by atoms with Crippen LogP contribution in [0.3, 0.4) is 0 Å². The SMILES string of the molecule is O=c1ccc2ncc(-c3ncco3)cc2n1CCN1CCC(NCc2cc3c(cn2)OCCO3)CC1. The Morgan fingerprint density at radius 1 is 0.972 bits per heavy atom. The van der Waals surface area contributed by atoms with Gasteiger partial charge in [0.2, 0.25) is 5.89 Å². The molecule has 0 amide bonds. The molecule has 0 atom stereocenters. The van der Waals surface area contributed by atoms with E-state index in [1.54, 1.807) is 35.3 Å². The first-order valence-corrected chi connectivity index (χ1v) is 12.3. The summed E-state index contributed by atoms with van der Waals surface area (Å²) in [6.45, 7) is 5.21. The zero-order chi connectivity index (χ0) is 24.3. The highest BCUT2D eigenvalue weighted by Gasteiger charge is 2.20. The van der Waals surface area contributed by atoms with Crippen molar-refractivity contribution in [1.82, 2.24) is 29.7 Å². The molecule has 0 spiro atoms. The van der Waals surface area contributed by atoms with Gasteiger partial charge in [-0.15, -0.1) is 0 Å². The van der Waals surface area contributed by atoms with Crippen molar-refractivity contribution in [2.45, 2.75) is 32.0 Å². The number of ether oxygens (including phenoxy) is 2. The number of nitrogens with one attached hydrogen (secondary N) is 1. The highest BCUT2D eigenvalue weighted by Crippen LogP contribution is 2.29. The lowest BCUT2D eigenvalue weighted by atomic mass is 10.0. The fraction of sp³-hybridized carbons (Fsp3) is 0.385. The van der Waals surface area contributed by atoms with Crippen molar-refractivity contribution in [3.63, 3.8) is 0 Å². The topological polar surface area (TPSA) is 108 Å². The van der Waals surface area contributed by atoms with Gasteiger partial charge in [-0.05, 0) is 38.1 Å². The Bertz CT molecular complexity index is 1400. The van der Waals surface area contributed by atoms with Crippen molar-refractivity contribution in [1.29, 1.82) is 0 Å². The third-order valence-electron chi connectivity index (χ3n) is 6.80. The highest BCUT2D eigenvalue weighted by molar-refractivity contribution is 5.78. The van der Waals surface area contributed by atoms with Gasteiger partial charge in [-0.25, -0.2) is 4.98 Å². The molecule has 0 saturated carbocycles. The predicted molar refractivity (Wildman–Crippen MR) is 133 cm³/mol. The van der Waals surface area contributed by atoms with E-state index in [1.807, 2.05) is 12.1 Å². The van der Waals surface area contributed by atoms with Gasteiger partial charge in [0.25, 0.3) is 5.56 Å². The average molecular weight is 489 g/mol. The smallest absolute Gasteiger partial charge is 0.251 e. The molecule has 4 aromatic heterocycles. The van der Waals surface area contributed by atoms with Gasteiger partial charge in [-0.2, -0.15) is 0 Å². The molecule has 2 aliphatic rings. The molecule has 4 aromatic rings. The molecular weight excluding hydrogens is 460 g/mol. The third-order valence-corrected chi connectivity index (χ3v) is 6.80. The van der Waals surface area contributed by atoms with Gasteiger partial charge < -0.3 is 28.7 Å². The minimum Gasteiger partial charge on any atom is -0.486 e. The zero-order valence-corrected chi connectivity index (χ0v) is 19.9. The molecule has 1 fully saturated rings. The maximum atomic E-state index is 12.7. The second-order valence-electron chi connectivity index (χ2n) is 9.10. The molecule has 0 bridgehead atoms. The van der Waals surface area contributed by atoms with E-state index in [0.717, 1.165) is 60.5 Å². The zero-order valence-electron chi connectivity index (χ0n) is 19.9. The van der Waals surface area contributed by atoms with E-state index < -0.39 is 0 Å². The van der Waals surface area contributed by atoms with Crippen LogP contribution in [0.25, 0.3) is 22.5 Å². The summed E-state index contributed by atoms with van der Waals surface area (Å²) in [4.78, 5) is 28.3. The quantitative estimate of drug-likeness (QED) is 0.420. The summed E-state index contributed by atoms with van der Waals surface area (Å²) in [7, 11) is 0. The summed E-state index contributed by atoms with van der Waals surface area (Å²) in [5.74, 6) is 1.98. The van der Waals surface area contributed by atoms with E-state index >= 15 is 0 Å². The molecule has 1 saturated heterocycles. The molecule has 1 N–H and O–H groups in total. The number of fused-ring (bicyclic) bond motifs is 2. The van der Waals surface area contributed by atoms with Gasteiger partial charge in [0.05, 0.1) is 34.7 Å². The van der Waals surface area contributed by atoms with Crippen LogP contribution in [0.15, 0.2) is 58.3 Å². The van der Waals surface area contributed by atoms with Gasteiger partial charge in [0.1, 0.15) is 19.5 Å². The van der Waals surface area contributed by atoms with Gasteiger partial charge in [-0.1, -0.05) is 0 Å². The average Bonchev–Trinajstić information content (AvgIpc) is 3.47. The van der Waals surface area contributed by atoms with Crippen molar-refractivity contribution >= 4 is 11.0 Å². The lowest BCUT2D eigenvalue weighted by Crippen LogP contribution is -2.43. The van der Waals surface area contributed by atoms with Crippen LogP contribution in [0.4, 0.5) is 0 Å². The van der Waals surface area contributed by atoms with Crippen molar-refractivity contribution in [2.75, 3.05) is 32.8 Å². The van der Waals surface area contributed by atoms with Crippen molar-refractivity contribution in [3.05, 3.63) is 65.2 Å². The Hall–Kier alpha value is -3.76. The number of likely N-dealkylation sites (tertiary alicyclic amines) is 1. The number of nitrogens with zero attached hydrogens (tertiary/aromatic N) is 5. The molecule has 0 radical (unpaired) electrons. The Labute approximate surface area is 207 Å². The van der Waals surface area contributed by atoms with Crippen LogP contribution < -0.4 is 20.3 Å². The molecule has 36 heavy (non-hydrogen) atoms. The van der Waals surface area contributed by atoms with E-state index in [0.29, 0.717) is 44.0 Å². The first-order chi connectivity index (χ1) is 17.7. The van der Waals surface area contributed by atoms with E-state index in [2.05, 4.69) is 25.2 Å². The highest BCUT2D eigenvalue weighted by atomic mass is 16.6. The van der Waals surface area contributed by atoms with E-state index in [-0.39, 0.29) is 5.56 Å². The van der Waals surface area contributed by atoms with Crippen molar-refractivity contribution in [3.8, 4) is 23.0 Å². The third kappa shape index (κ3) is 4.82. The van der Waals surface area contributed by atoms with Crippen LogP contribution >= 0.6 is 0 Å². The van der Waals surface area contributed by atoms with Crippen LogP contribution in [-0.2, 0) is 13.1 Å². The Morgan fingerprint density at radius 3 is 2.67 bits per heavy atom. The minimum absolute atomic E-state index is 0.0302. The van der Waals surface area contributed by atoms with E-state index in [9.17, 15) is 4.79 Å². The van der Waals surface area contributed by atoms with Gasteiger partial charge in [-0.3, -0.25) is 14.8 Å². The monoisotopic (exact) mass is 488 g/mol. The van der Waals surface area contributed by atoms with Crippen molar-refractivity contribution < 1.29 is 13.9 Å². The molecule has 186 valence electrons. The van der Waals surface area contributed by atoms with Crippen LogP contribution in [0.2, 0.25) is 0 Å². The minimum atomic E-state index is -0.0302. The Balaban J connectivity index is 1.05. The molecule has 6 heterocycles.